The number of carbonyl (C=O) groups is 1. The highest BCUT2D eigenvalue weighted by Crippen LogP contribution is 2.29. The maximum Gasteiger partial charge on any atom is 0.374 e. The number of methoxy groups -OCH3 is 1. The molecular formula is C10H10F2O4. The highest BCUT2D eigenvalue weighted by molar-refractivity contribution is 5.75. The number of aliphatic carboxylic acids is 1. The van der Waals surface area contributed by atoms with Crippen molar-refractivity contribution in [1.82, 2.24) is 0 Å². The third-order valence-corrected chi connectivity index (χ3v) is 1.98. The number of carboxylic acid groups (broad SMARTS) is 1. The van der Waals surface area contributed by atoms with Crippen molar-refractivity contribution in [3.05, 3.63) is 23.8 Å². The Hall–Kier alpha value is -1.85. The van der Waals surface area contributed by atoms with Crippen molar-refractivity contribution < 1.29 is 28.5 Å². The molecule has 0 spiro atoms. The number of benzene rings is 1. The minimum Gasteiger partial charge on any atom is -0.504 e. The molecule has 0 saturated carbocycles. The molecule has 1 aromatic carbocycles. The smallest absolute Gasteiger partial charge is 0.374 e. The van der Waals surface area contributed by atoms with E-state index in [-0.39, 0.29) is 17.1 Å². The van der Waals surface area contributed by atoms with Crippen LogP contribution in [0.15, 0.2) is 18.2 Å². The molecule has 0 atom stereocenters. The van der Waals surface area contributed by atoms with Gasteiger partial charge in [0, 0.05) is 6.42 Å². The van der Waals surface area contributed by atoms with Gasteiger partial charge in [0.15, 0.2) is 11.5 Å². The molecule has 0 aliphatic rings. The van der Waals surface area contributed by atoms with E-state index in [4.69, 9.17) is 9.84 Å². The van der Waals surface area contributed by atoms with Crippen LogP contribution in [0.3, 0.4) is 0 Å². The number of alkyl halides is 2. The van der Waals surface area contributed by atoms with Gasteiger partial charge in [0.25, 0.3) is 0 Å². The van der Waals surface area contributed by atoms with Gasteiger partial charge >= 0.3 is 11.9 Å². The van der Waals surface area contributed by atoms with E-state index in [0.29, 0.717) is 0 Å². The minimum absolute atomic E-state index is 0.0192. The van der Waals surface area contributed by atoms with Crippen molar-refractivity contribution in [1.29, 1.82) is 0 Å². The molecule has 0 saturated heterocycles. The third kappa shape index (κ3) is 2.59. The molecule has 6 heteroatoms. The van der Waals surface area contributed by atoms with E-state index >= 15 is 0 Å². The van der Waals surface area contributed by atoms with Gasteiger partial charge in [-0.2, -0.15) is 8.78 Å². The van der Waals surface area contributed by atoms with E-state index in [1.807, 2.05) is 0 Å². The lowest BCUT2D eigenvalue weighted by atomic mass is 10.1. The van der Waals surface area contributed by atoms with E-state index in [2.05, 4.69) is 0 Å². The first-order valence-electron chi connectivity index (χ1n) is 4.34. The van der Waals surface area contributed by atoms with E-state index in [0.717, 1.165) is 6.07 Å². The SMILES string of the molecule is COc1ccc(CC(F)(F)C(=O)O)cc1O. The highest BCUT2D eigenvalue weighted by Gasteiger charge is 2.38. The lowest BCUT2D eigenvalue weighted by Crippen LogP contribution is -2.30. The molecule has 1 rings (SSSR count). The van der Waals surface area contributed by atoms with E-state index < -0.39 is 18.3 Å². The summed E-state index contributed by atoms with van der Waals surface area (Å²) in [5.74, 6) is -6.20. The third-order valence-electron chi connectivity index (χ3n) is 1.98. The molecule has 0 heterocycles. The average Bonchev–Trinajstić information content (AvgIpc) is 2.17. The van der Waals surface area contributed by atoms with Crippen LogP contribution in [0.4, 0.5) is 8.78 Å². The van der Waals surface area contributed by atoms with Gasteiger partial charge in [-0.3, -0.25) is 0 Å². The van der Waals surface area contributed by atoms with Crippen molar-refractivity contribution >= 4 is 5.97 Å². The summed E-state index contributed by atoms with van der Waals surface area (Å²) in [6.07, 6.45) is -0.972. The second kappa shape index (κ2) is 4.34. The summed E-state index contributed by atoms with van der Waals surface area (Å²) in [5, 5.41) is 17.5. The summed E-state index contributed by atoms with van der Waals surface area (Å²) in [6, 6.07) is 3.62. The van der Waals surface area contributed by atoms with Gasteiger partial charge < -0.3 is 14.9 Å². The number of phenolic OH excluding ortho intramolecular Hbond substituents is 1. The lowest BCUT2D eigenvalue weighted by Gasteiger charge is -2.11. The fourth-order valence-corrected chi connectivity index (χ4v) is 1.18. The second-order valence-electron chi connectivity index (χ2n) is 3.19. The summed E-state index contributed by atoms with van der Waals surface area (Å²) in [6.45, 7) is 0. The fourth-order valence-electron chi connectivity index (χ4n) is 1.18. The van der Waals surface area contributed by atoms with E-state index in [1.165, 1.54) is 19.2 Å². The van der Waals surface area contributed by atoms with Gasteiger partial charge in [0.1, 0.15) is 0 Å². The maximum atomic E-state index is 12.8. The zero-order valence-electron chi connectivity index (χ0n) is 8.41. The van der Waals surface area contributed by atoms with Crippen molar-refractivity contribution in [2.45, 2.75) is 12.3 Å². The Kier molecular flexibility index (Phi) is 3.31. The van der Waals surface area contributed by atoms with Crippen molar-refractivity contribution in [2.24, 2.45) is 0 Å². The maximum absolute atomic E-state index is 12.8. The molecule has 0 amide bonds. The highest BCUT2D eigenvalue weighted by atomic mass is 19.3. The fraction of sp³-hybridized carbons (Fsp3) is 0.300. The largest absolute Gasteiger partial charge is 0.504 e. The van der Waals surface area contributed by atoms with Gasteiger partial charge in [-0.25, -0.2) is 4.79 Å². The second-order valence-corrected chi connectivity index (χ2v) is 3.19. The van der Waals surface area contributed by atoms with E-state index in [1.54, 1.807) is 0 Å². The predicted molar refractivity (Wildman–Crippen MR) is 50.9 cm³/mol. The Morgan fingerprint density at radius 2 is 2.12 bits per heavy atom. The first-order chi connectivity index (χ1) is 7.36. The summed E-state index contributed by atoms with van der Waals surface area (Å²) < 4.78 is 30.4. The molecule has 0 aliphatic carbocycles. The molecule has 0 aliphatic heterocycles. The number of hydrogen-bond donors (Lipinski definition) is 2. The number of hydrogen-bond acceptors (Lipinski definition) is 3. The summed E-state index contributed by atoms with van der Waals surface area (Å²) in [4.78, 5) is 10.2. The van der Waals surface area contributed by atoms with Gasteiger partial charge in [-0.05, 0) is 17.7 Å². The van der Waals surface area contributed by atoms with Crippen molar-refractivity contribution in [2.75, 3.05) is 7.11 Å². The molecule has 0 radical (unpaired) electrons. The summed E-state index contributed by atoms with van der Waals surface area (Å²) >= 11 is 0. The Balaban J connectivity index is 2.91. The monoisotopic (exact) mass is 232 g/mol. The number of aromatic hydroxyl groups is 1. The molecule has 0 fully saturated rings. The number of phenols is 1. The van der Waals surface area contributed by atoms with Crippen LogP contribution in [-0.4, -0.2) is 29.2 Å². The molecule has 0 aromatic heterocycles. The Bertz CT molecular complexity index is 404. The Morgan fingerprint density at radius 3 is 2.56 bits per heavy atom. The Labute approximate surface area is 90.1 Å². The predicted octanol–water partition coefficient (Wildman–Crippen LogP) is 1.66. The molecule has 16 heavy (non-hydrogen) atoms. The van der Waals surface area contributed by atoms with Crippen LogP contribution in [0.1, 0.15) is 5.56 Å². The quantitative estimate of drug-likeness (QED) is 0.828. The van der Waals surface area contributed by atoms with Gasteiger partial charge in [0.05, 0.1) is 7.11 Å². The molecular weight excluding hydrogens is 222 g/mol. The Morgan fingerprint density at radius 1 is 1.50 bits per heavy atom. The standard InChI is InChI=1S/C10H10F2O4/c1-16-8-3-2-6(4-7(8)13)5-10(11,12)9(14)15/h2-4,13H,5H2,1H3,(H,14,15). The summed E-state index contributed by atoms with van der Waals surface area (Å²) in [7, 11) is 1.32. The molecule has 88 valence electrons. The molecule has 4 nitrogen and oxygen atoms in total. The van der Waals surface area contributed by atoms with Crippen LogP contribution in [0, 0.1) is 0 Å². The van der Waals surface area contributed by atoms with Crippen LogP contribution in [0.25, 0.3) is 0 Å². The average molecular weight is 232 g/mol. The topological polar surface area (TPSA) is 66.8 Å². The van der Waals surface area contributed by atoms with Gasteiger partial charge in [-0.1, -0.05) is 6.07 Å². The zero-order valence-corrected chi connectivity index (χ0v) is 8.41. The van der Waals surface area contributed by atoms with Crippen LogP contribution < -0.4 is 4.74 Å². The number of halogens is 2. The molecule has 1 aromatic rings. The zero-order chi connectivity index (χ0) is 12.3. The first-order valence-corrected chi connectivity index (χ1v) is 4.34. The van der Waals surface area contributed by atoms with Crippen LogP contribution >= 0.6 is 0 Å². The molecule has 0 bridgehead atoms. The molecule has 2 N–H and O–H groups in total. The molecule has 0 unspecified atom stereocenters. The first kappa shape index (κ1) is 12.2. The van der Waals surface area contributed by atoms with Crippen LogP contribution in [0.5, 0.6) is 11.5 Å². The van der Waals surface area contributed by atoms with Crippen LogP contribution in [-0.2, 0) is 11.2 Å². The van der Waals surface area contributed by atoms with Crippen LogP contribution in [0.2, 0.25) is 0 Å². The lowest BCUT2D eigenvalue weighted by molar-refractivity contribution is -0.164. The van der Waals surface area contributed by atoms with E-state index in [9.17, 15) is 18.7 Å². The summed E-state index contributed by atoms with van der Waals surface area (Å²) in [5.41, 5.74) is 0.0192. The number of ether oxygens (including phenoxy) is 1. The number of carboxylic acids is 1. The minimum atomic E-state index is -3.85. The van der Waals surface area contributed by atoms with Crippen molar-refractivity contribution in [3.8, 4) is 11.5 Å². The van der Waals surface area contributed by atoms with Gasteiger partial charge in [-0.15, -0.1) is 0 Å². The normalized spacial score (nSPS) is 11.2. The van der Waals surface area contributed by atoms with Gasteiger partial charge in [0.2, 0.25) is 0 Å². The number of rotatable bonds is 4. The van der Waals surface area contributed by atoms with Crippen molar-refractivity contribution in [3.63, 3.8) is 0 Å².